The number of carbonyl (C=O) groups excluding carboxylic acids is 2. The van der Waals surface area contributed by atoms with Crippen LogP contribution in [0.15, 0.2) is 48.5 Å². The molecule has 0 spiro atoms. The summed E-state index contributed by atoms with van der Waals surface area (Å²) in [5.74, 6) is 0.544. The topological polar surface area (TPSA) is 85.9 Å². The Bertz CT molecular complexity index is 794. The minimum Gasteiger partial charge on any atom is -0.497 e. The number of ether oxygens (including phenoxy) is 3. The highest BCUT2D eigenvalue weighted by molar-refractivity contribution is 6.04. The highest BCUT2D eigenvalue weighted by Crippen LogP contribution is 2.21. The van der Waals surface area contributed by atoms with Crippen molar-refractivity contribution < 1.29 is 23.8 Å². The lowest BCUT2D eigenvalue weighted by atomic mass is 10.1. The Balaban J connectivity index is 1.99. The molecule has 0 aliphatic carbocycles. The second-order valence-electron chi connectivity index (χ2n) is 6.08. The van der Waals surface area contributed by atoms with E-state index in [4.69, 9.17) is 14.2 Å². The van der Waals surface area contributed by atoms with Gasteiger partial charge in [0.2, 0.25) is 0 Å². The van der Waals surface area contributed by atoms with Gasteiger partial charge in [-0.1, -0.05) is 18.2 Å². The van der Waals surface area contributed by atoms with E-state index in [1.165, 1.54) is 0 Å². The molecule has 0 aliphatic rings. The standard InChI is InChI=1S/C21H26N2O5/c1-15(28-17-9-6-8-16(14-17)27-3)20(24)23-19-11-5-4-10-18(19)21(25)22-12-7-13-26-2/h4-6,8-11,14-15H,7,12-13H2,1-3H3,(H,22,25)(H,23,24)/t15-/m1/s1. The summed E-state index contributed by atoms with van der Waals surface area (Å²) in [5.41, 5.74) is 0.819. The molecule has 0 aromatic heterocycles. The van der Waals surface area contributed by atoms with Gasteiger partial charge in [-0.2, -0.15) is 0 Å². The van der Waals surface area contributed by atoms with E-state index in [1.54, 1.807) is 69.7 Å². The quantitative estimate of drug-likeness (QED) is 0.613. The Kier molecular flexibility index (Phi) is 8.30. The van der Waals surface area contributed by atoms with Gasteiger partial charge in [0, 0.05) is 26.3 Å². The molecule has 28 heavy (non-hydrogen) atoms. The van der Waals surface area contributed by atoms with Crippen LogP contribution in [0.3, 0.4) is 0 Å². The van der Waals surface area contributed by atoms with Crippen LogP contribution in [-0.2, 0) is 9.53 Å². The molecule has 0 saturated carbocycles. The van der Waals surface area contributed by atoms with Crippen LogP contribution < -0.4 is 20.1 Å². The van der Waals surface area contributed by atoms with Crippen LogP contribution in [0.2, 0.25) is 0 Å². The molecule has 0 bridgehead atoms. The lowest BCUT2D eigenvalue weighted by Gasteiger charge is -2.17. The average Bonchev–Trinajstić information content (AvgIpc) is 2.71. The zero-order chi connectivity index (χ0) is 20.4. The minimum absolute atomic E-state index is 0.256. The van der Waals surface area contributed by atoms with Crippen molar-refractivity contribution in [1.82, 2.24) is 5.32 Å². The first kappa shape index (κ1) is 21.2. The molecule has 0 unspecified atom stereocenters. The van der Waals surface area contributed by atoms with Crippen LogP contribution >= 0.6 is 0 Å². The van der Waals surface area contributed by atoms with E-state index in [0.29, 0.717) is 42.3 Å². The minimum atomic E-state index is -0.759. The third-order valence-corrected chi connectivity index (χ3v) is 3.96. The van der Waals surface area contributed by atoms with Crippen LogP contribution in [0.25, 0.3) is 0 Å². The van der Waals surface area contributed by atoms with Crippen molar-refractivity contribution in [2.24, 2.45) is 0 Å². The number of para-hydroxylation sites is 1. The van der Waals surface area contributed by atoms with Crippen molar-refractivity contribution >= 4 is 17.5 Å². The zero-order valence-electron chi connectivity index (χ0n) is 16.4. The van der Waals surface area contributed by atoms with E-state index in [9.17, 15) is 9.59 Å². The number of amides is 2. The molecule has 7 nitrogen and oxygen atoms in total. The monoisotopic (exact) mass is 386 g/mol. The normalized spacial score (nSPS) is 11.4. The van der Waals surface area contributed by atoms with Gasteiger partial charge < -0.3 is 24.8 Å². The van der Waals surface area contributed by atoms with Gasteiger partial charge in [-0.15, -0.1) is 0 Å². The van der Waals surface area contributed by atoms with Crippen molar-refractivity contribution in [3.8, 4) is 11.5 Å². The zero-order valence-corrected chi connectivity index (χ0v) is 16.4. The number of anilines is 1. The largest absolute Gasteiger partial charge is 0.497 e. The molecular formula is C21H26N2O5. The van der Waals surface area contributed by atoms with Crippen LogP contribution in [-0.4, -0.2) is 45.3 Å². The number of hydrogen-bond donors (Lipinski definition) is 2. The van der Waals surface area contributed by atoms with Crippen LogP contribution in [0, 0.1) is 0 Å². The number of methoxy groups -OCH3 is 2. The Morgan fingerprint density at radius 3 is 2.54 bits per heavy atom. The maximum Gasteiger partial charge on any atom is 0.265 e. The lowest BCUT2D eigenvalue weighted by Crippen LogP contribution is -2.32. The predicted molar refractivity (Wildman–Crippen MR) is 107 cm³/mol. The van der Waals surface area contributed by atoms with Crippen molar-refractivity contribution in [2.45, 2.75) is 19.4 Å². The first-order valence-electron chi connectivity index (χ1n) is 9.03. The average molecular weight is 386 g/mol. The lowest BCUT2D eigenvalue weighted by molar-refractivity contribution is -0.122. The van der Waals surface area contributed by atoms with Gasteiger partial charge in [0.25, 0.3) is 11.8 Å². The predicted octanol–water partition coefficient (Wildman–Crippen LogP) is 2.87. The van der Waals surface area contributed by atoms with Gasteiger partial charge >= 0.3 is 0 Å². The third kappa shape index (κ3) is 6.28. The van der Waals surface area contributed by atoms with E-state index in [-0.39, 0.29) is 11.8 Å². The van der Waals surface area contributed by atoms with Crippen molar-refractivity contribution in [1.29, 1.82) is 0 Å². The van der Waals surface area contributed by atoms with Crippen LogP contribution in [0.5, 0.6) is 11.5 Å². The van der Waals surface area contributed by atoms with Crippen LogP contribution in [0.4, 0.5) is 5.69 Å². The molecule has 0 fully saturated rings. The summed E-state index contributed by atoms with van der Waals surface area (Å²) in [6.45, 7) is 2.70. The van der Waals surface area contributed by atoms with Gasteiger partial charge in [0.05, 0.1) is 18.4 Å². The summed E-state index contributed by atoms with van der Waals surface area (Å²) in [4.78, 5) is 24.9. The summed E-state index contributed by atoms with van der Waals surface area (Å²) >= 11 is 0. The molecule has 150 valence electrons. The first-order valence-corrected chi connectivity index (χ1v) is 9.03. The van der Waals surface area contributed by atoms with E-state index < -0.39 is 6.10 Å². The second kappa shape index (κ2) is 10.9. The second-order valence-corrected chi connectivity index (χ2v) is 6.08. The smallest absolute Gasteiger partial charge is 0.265 e. The van der Waals surface area contributed by atoms with Gasteiger partial charge in [-0.25, -0.2) is 0 Å². The summed E-state index contributed by atoms with van der Waals surface area (Å²) < 4.78 is 15.8. The van der Waals surface area contributed by atoms with Crippen molar-refractivity contribution in [3.05, 3.63) is 54.1 Å². The number of carbonyl (C=O) groups is 2. The molecule has 0 saturated heterocycles. The van der Waals surface area contributed by atoms with E-state index in [1.807, 2.05) is 0 Å². The molecule has 0 radical (unpaired) electrons. The Morgan fingerprint density at radius 2 is 1.79 bits per heavy atom. The number of hydrogen-bond acceptors (Lipinski definition) is 5. The molecule has 2 amide bonds. The summed E-state index contributed by atoms with van der Waals surface area (Å²) in [6, 6.07) is 13.9. The summed E-state index contributed by atoms with van der Waals surface area (Å²) in [5, 5.41) is 5.57. The number of rotatable bonds is 10. The molecule has 1 atom stereocenters. The van der Waals surface area contributed by atoms with Crippen molar-refractivity contribution in [2.75, 3.05) is 32.7 Å². The Morgan fingerprint density at radius 1 is 1.04 bits per heavy atom. The van der Waals surface area contributed by atoms with Crippen molar-refractivity contribution in [3.63, 3.8) is 0 Å². The molecule has 2 aromatic carbocycles. The highest BCUT2D eigenvalue weighted by atomic mass is 16.5. The maximum atomic E-state index is 12.5. The fourth-order valence-corrected chi connectivity index (χ4v) is 2.47. The third-order valence-electron chi connectivity index (χ3n) is 3.96. The molecular weight excluding hydrogens is 360 g/mol. The molecule has 0 heterocycles. The van der Waals surface area contributed by atoms with Gasteiger partial charge in [0.15, 0.2) is 6.10 Å². The fourth-order valence-electron chi connectivity index (χ4n) is 2.47. The highest BCUT2D eigenvalue weighted by Gasteiger charge is 2.18. The molecule has 7 heteroatoms. The summed E-state index contributed by atoms with van der Waals surface area (Å²) in [6.07, 6.45) is -0.0488. The molecule has 2 aromatic rings. The van der Waals surface area contributed by atoms with Gasteiger partial charge in [0.1, 0.15) is 11.5 Å². The van der Waals surface area contributed by atoms with Crippen LogP contribution in [0.1, 0.15) is 23.7 Å². The maximum absolute atomic E-state index is 12.5. The fraction of sp³-hybridized carbons (Fsp3) is 0.333. The number of nitrogens with one attached hydrogen (secondary N) is 2. The Labute approximate surface area is 165 Å². The summed E-state index contributed by atoms with van der Waals surface area (Å²) in [7, 11) is 3.17. The molecule has 0 aliphatic heterocycles. The molecule has 2 rings (SSSR count). The van der Waals surface area contributed by atoms with E-state index >= 15 is 0 Å². The van der Waals surface area contributed by atoms with Gasteiger partial charge in [-0.05, 0) is 37.6 Å². The van der Waals surface area contributed by atoms with E-state index in [0.717, 1.165) is 0 Å². The number of benzene rings is 2. The first-order chi connectivity index (χ1) is 13.5. The molecule has 2 N–H and O–H groups in total. The Hall–Kier alpha value is -3.06. The van der Waals surface area contributed by atoms with E-state index in [2.05, 4.69) is 10.6 Å². The van der Waals surface area contributed by atoms with Gasteiger partial charge in [-0.3, -0.25) is 9.59 Å². The SMILES string of the molecule is COCCCNC(=O)c1ccccc1NC(=O)[C@@H](C)Oc1cccc(OC)c1.